The van der Waals surface area contributed by atoms with E-state index >= 15 is 0 Å². The molecule has 7 heteroatoms. The molecule has 1 aliphatic carbocycles. The zero-order valence-electron chi connectivity index (χ0n) is 27.2. The van der Waals surface area contributed by atoms with Crippen molar-refractivity contribution in [1.29, 1.82) is 0 Å². The first kappa shape index (κ1) is 36.4. The van der Waals surface area contributed by atoms with Gasteiger partial charge in [-0.1, -0.05) is 102 Å². The van der Waals surface area contributed by atoms with Crippen molar-refractivity contribution in [1.82, 2.24) is 4.98 Å². The molecular formula is C38H43F3IrNO2-. The number of hydrogen-bond donors (Lipinski definition) is 1. The zero-order chi connectivity index (χ0) is 32.4. The summed E-state index contributed by atoms with van der Waals surface area (Å²) in [6, 6.07) is 21.6. The predicted molar refractivity (Wildman–Crippen MR) is 174 cm³/mol. The molecule has 0 spiro atoms. The SMILES string of the molecule is CC(C)C(=O)/C=C(\O)C(F)(F)F.Cc1cc(C)c2c(CC3CCCC3)cc(-c3[c-]c4ccccc4c(C(C)(C)C)c3)nc2c1.[Ir]. The van der Waals surface area contributed by atoms with Crippen LogP contribution in [0.25, 0.3) is 32.9 Å². The second-order valence-corrected chi connectivity index (χ2v) is 13.5. The molecule has 4 aromatic rings. The second-order valence-electron chi connectivity index (χ2n) is 13.5. The Balaban J connectivity index is 0.000000365. The van der Waals surface area contributed by atoms with Gasteiger partial charge in [0.05, 0.1) is 5.52 Å². The number of aryl methyl sites for hydroxylation is 2. The minimum Gasteiger partial charge on any atom is -0.504 e. The Morgan fingerprint density at radius 1 is 1.04 bits per heavy atom. The van der Waals surface area contributed by atoms with Crippen LogP contribution in [0.4, 0.5) is 13.2 Å². The van der Waals surface area contributed by atoms with Crippen LogP contribution >= 0.6 is 0 Å². The number of alkyl halides is 3. The summed E-state index contributed by atoms with van der Waals surface area (Å²) < 4.78 is 34.8. The van der Waals surface area contributed by atoms with Crippen LogP contribution in [-0.4, -0.2) is 22.1 Å². The van der Waals surface area contributed by atoms with Crippen molar-refractivity contribution in [2.75, 3.05) is 0 Å². The fourth-order valence-electron chi connectivity index (χ4n) is 6.05. The van der Waals surface area contributed by atoms with E-state index in [0.29, 0.717) is 0 Å². The van der Waals surface area contributed by atoms with Crippen molar-refractivity contribution < 1.29 is 43.2 Å². The molecule has 1 aliphatic rings. The maximum absolute atomic E-state index is 11.6. The van der Waals surface area contributed by atoms with Crippen LogP contribution in [0, 0.1) is 31.7 Å². The summed E-state index contributed by atoms with van der Waals surface area (Å²) in [7, 11) is 0. The number of rotatable bonds is 5. The molecule has 0 unspecified atom stereocenters. The topological polar surface area (TPSA) is 50.2 Å². The Morgan fingerprint density at radius 3 is 2.29 bits per heavy atom. The number of nitrogens with zero attached hydrogens (tertiary/aromatic N) is 1. The standard InChI is InChI=1S/C31H34N.C7H9F3O2.Ir/c1-20-14-21(2)30-25(16-22-10-6-7-11-22)19-28(32-29(30)15-20)24-17-23-12-8-9-13-26(23)27(18-24)31(3,4)5;1-4(2)5(11)3-6(12)7(8,9)10;/h8-9,12-15,18-19,22H,6-7,10-11,16H2,1-5H3;3-4,12H,1-2H3;/q-1;;/b;6-3-;. The van der Waals surface area contributed by atoms with Crippen LogP contribution in [0.3, 0.4) is 0 Å². The number of aromatic nitrogens is 1. The van der Waals surface area contributed by atoms with Crippen LogP contribution in [-0.2, 0) is 36.7 Å². The molecule has 1 heterocycles. The van der Waals surface area contributed by atoms with Crippen molar-refractivity contribution in [2.24, 2.45) is 11.8 Å². The quantitative estimate of drug-likeness (QED) is 0.124. The van der Waals surface area contributed by atoms with E-state index in [1.165, 1.54) is 77.9 Å². The summed E-state index contributed by atoms with van der Waals surface area (Å²) in [5.41, 5.74) is 8.82. The van der Waals surface area contributed by atoms with Crippen molar-refractivity contribution in [2.45, 2.75) is 92.2 Å². The van der Waals surface area contributed by atoms with E-state index in [2.05, 4.69) is 89.2 Å². The number of halogens is 3. The van der Waals surface area contributed by atoms with Gasteiger partial charge >= 0.3 is 6.18 Å². The van der Waals surface area contributed by atoms with E-state index in [1.54, 1.807) is 0 Å². The Labute approximate surface area is 278 Å². The van der Waals surface area contributed by atoms with Gasteiger partial charge in [-0.05, 0) is 54.4 Å². The predicted octanol–water partition coefficient (Wildman–Crippen LogP) is 10.7. The molecule has 3 nitrogen and oxygen atoms in total. The monoisotopic (exact) mass is 795 g/mol. The summed E-state index contributed by atoms with van der Waals surface area (Å²) >= 11 is 0. The van der Waals surface area contributed by atoms with Gasteiger partial charge in [0.2, 0.25) is 5.76 Å². The number of aliphatic hydroxyl groups excluding tert-OH is 1. The van der Waals surface area contributed by atoms with Crippen LogP contribution < -0.4 is 0 Å². The zero-order valence-corrected chi connectivity index (χ0v) is 29.6. The third-order valence-electron chi connectivity index (χ3n) is 8.31. The van der Waals surface area contributed by atoms with Crippen molar-refractivity contribution in [3.05, 3.63) is 88.7 Å². The van der Waals surface area contributed by atoms with E-state index in [4.69, 9.17) is 10.1 Å². The molecule has 45 heavy (non-hydrogen) atoms. The molecule has 0 saturated heterocycles. The molecule has 5 rings (SSSR count). The van der Waals surface area contributed by atoms with E-state index in [1.807, 2.05) is 0 Å². The van der Waals surface area contributed by atoms with Crippen LogP contribution in [0.5, 0.6) is 0 Å². The first-order valence-corrected chi connectivity index (χ1v) is 15.4. The fourth-order valence-corrected chi connectivity index (χ4v) is 6.05. The number of fused-ring (bicyclic) bond motifs is 2. The van der Waals surface area contributed by atoms with E-state index in [0.717, 1.165) is 29.1 Å². The number of allylic oxidation sites excluding steroid dienone is 2. The molecule has 3 aromatic carbocycles. The minimum absolute atomic E-state index is 0. The summed E-state index contributed by atoms with van der Waals surface area (Å²) in [4.78, 5) is 15.9. The van der Waals surface area contributed by atoms with E-state index < -0.39 is 23.6 Å². The number of ketones is 1. The van der Waals surface area contributed by atoms with Crippen molar-refractivity contribution in [3.8, 4) is 11.3 Å². The normalized spacial score (nSPS) is 14.4. The van der Waals surface area contributed by atoms with Crippen LogP contribution in [0.1, 0.15) is 82.6 Å². The first-order valence-electron chi connectivity index (χ1n) is 15.4. The van der Waals surface area contributed by atoms with Gasteiger partial charge in [0.15, 0.2) is 5.78 Å². The van der Waals surface area contributed by atoms with Crippen molar-refractivity contribution in [3.63, 3.8) is 0 Å². The summed E-state index contributed by atoms with van der Waals surface area (Å²) in [6.07, 6.45) is 2.02. The summed E-state index contributed by atoms with van der Waals surface area (Å²) in [5, 5.41) is 12.2. The third kappa shape index (κ3) is 9.04. The van der Waals surface area contributed by atoms with Gasteiger partial charge in [0.25, 0.3) is 0 Å². The molecular weight excluding hydrogens is 752 g/mol. The number of carbonyl (C=O) groups excluding carboxylic acids is 1. The number of hydrogen-bond acceptors (Lipinski definition) is 3. The van der Waals surface area contributed by atoms with Gasteiger partial charge in [0.1, 0.15) is 0 Å². The summed E-state index contributed by atoms with van der Waals surface area (Å²) in [6.45, 7) is 14.2. The smallest absolute Gasteiger partial charge is 0.448 e. The second kappa shape index (κ2) is 14.6. The Hall–Kier alpha value is -3.02. The average molecular weight is 795 g/mol. The molecule has 243 valence electrons. The van der Waals surface area contributed by atoms with Gasteiger partial charge in [-0.2, -0.15) is 13.2 Å². The van der Waals surface area contributed by atoms with Gasteiger partial charge in [-0.25, -0.2) is 0 Å². The molecule has 0 bridgehead atoms. The molecule has 1 radical (unpaired) electrons. The number of carbonyl (C=O) groups is 1. The third-order valence-corrected chi connectivity index (χ3v) is 8.31. The molecule has 1 aromatic heterocycles. The van der Waals surface area contributed by atoms with E-state index in [9.17, 15) is 18.0 Å². The maximum atomic E-state index is 11.6. The molecule has 1 fully saturated rings. The molecule has 0 amide bonds. The van der Waals surface area contributed by atoms with Gasteiger partial charge in [-0.15, -0.1) is 29.1 Å². The van der Waals surface area contributed by atoms with Crippen LogP contribution in [0.15, 0.2) is 60.4 Å². The Morgan fingerprint density at radius 2 is 1.69 bits per heavy atom. The number of aliphatic hydroxyl groups is 1. The number of pyridine rings is 1. The maximum Gasteiger partial charge on any atom is 0.448 e. The Bertz CT molecular complexity index is 1690. The average Bonchev–Trinajstić information content (AvgIpc) is 3.44. The Kier molecular flexibility index (Phi) is 11.8. The first-order chi connectivity index (χ1) is 20.5. The van der Waals surface area contributed by atoms with Crippen molar-refractivity contribution >= 4 is 27.5 Å². The fraction of sp³-hybridized carbons (Fsp3) is 0.421. The minimum atomic E-state index is -4.83. The molecule has 1 saturated carbocycles. The summed E-state index contributed by atoms with van der Waals surface area (Å²) in [5.74, 6) is -2.33. The van der Waals surface area contributed by atoms with Gasteiger partial charge in [-0.3, -0.25) is 9.78 Å². The van der Waals surface area contributed by atoms with Gasteiger partial charge < -0.3 is 5.11 Å². The molecule has 0 atom stereocenters. The molecule has 0 aliphatic heterocycles. The van der Waals surface area contributed by atoms with E-state index in [-0.39, 0.29) is 31.6 Å². The number of benzene rings is 3. The molecule has 1 N–H and O–H groups in total. The largest absolute Gasteiger partial charge is 0.504 e. The van der Waals surface area contributed by atoms with Crippen LogP contribution in [0.2, 0.25) is 0 Å². The van der Waals surface area contributed by atoms with Gasteiger partial charge in [0, 0.05) is 43.2 Å².